The summed E-state index contributed by atoms with van der Waals surface area (Å²) in [7, 11) is 0. The monoisotopic (exact) mass is 326 g/mol. The van der Waals surface area contributed by atoms with Crippen LogP contribution in [-0.2, 0) is 6.54 Å². The Morgan fingerprint density at radius 1 is 1.24 bits per heavy atom. The molecule has 0 aliphatic heterocycles. The number of rotatable bonds is 4. The van der Waals surface area contributed by atoms with E-state index in [1.54, 1.807) is 13.8 Å². The maximum Gasteiger partial charge on any atom is 0.330 e. The van der Waals surface area contributed by atoms with E-state index in [1.165, 1.54) is 0 Å². The Bertz CT molecular complexity index is 795. The zero-order valence-corrected chi connectivity index (χ0v) is 14.0. The minimum Gasteiger partial charge on any atom is -0.290 e. The van der Waals surface area contributed by atoms with Gasteiger partial charge in [0.1, 0.15) is 0 Å². The van der Waals surface area contributed by atoms with Crippen LogP contribution in [0.2, 0.25) is 0 Å². The second kappa shape index (κ2) is 5.84. The molecular weight excluding hydrogens is 308 g/mol. The molecule has 114 valence electrons. The van der Waals surface area contributed by atoms with E-state index < -0.39 is 11.2 Å². The number of thiol groups is 2. The minimum absolute atomic E-state index is 0.185. The number of fused-ring (bicyclic) bond motifs is 1. The maximum absolute atomic E-state index is 12.4. The summed E-state index contributed by atoms with van der Waals surface area (Å²) >= 11 is 8.67. The van der Waals surface area contributed by atoms with Crippen molar-refractivity contribution < 1.29 is 0 Å². The molecule has 21 heavy (non-hydrogen) atoms. The Morgan fingerprint density at radius 3 is 2.48 bits per heavy atom. The third kappa shape index (κ3) is 3.32. The maximum atomic E-state index is 12.4. The van der Waals surface area contributed by atoms with Crippen molar-refractivity contribution in [3.05, 3.63) is 32.2 Å². The molecule has 1 N–H and O–H groups in total. The standard InChI is InChI=1S/C13H18N4O2S2/c1-7-8(2)15-10-9(14-7)11(18)17(12(19)16-10)5-4-13(3,21)6-20/h20-21H,4-6H2,1-3H3,(H,15,16,19). The van der Waals surface area contributed by atoms with Crippen LogP contribution in [0.4, 0.5) is 0 Å². The number of nitrogens with one attached hydrogen (secondary N) is 1. The molecule has 0 aliphatic rings. The van der Waals surface area contributed by atoms with Gasteiger partial charge in [-0.3, -0.25) is 14.3 Å². The highest BCUT2D eigenvalue weighted by Gasteiger charge is 2.19. The lowest BCUT2D eigenvalue weighted by Crippen LogP contribution is -2.37. The first-order valence-corrected chi connectivity index (χ1v) is 7.64. The Hall–Kier alpha value is -1.28. The van der Waals surface area contributed by atoms with Crippen LogP contribution in [0, 0.1) is 13.8 Å². The van der Waals surface area contributed by atoms with Gasteiger partial charge >= 0.3 is 5.69 Å². The van der Waals surface area contributed by atoms with Gasteiger partial charge in [0, 0.05) is 17.0 Å². The van der Waals surface area contributed by atoms with Crippen molar-refractivity contribution in [1.29, 1.82) is 0 Å². The third-order valence-corrected chi connectivity index (χ3v) is 4.77. The zero-order valence-electron chi connectivity index (χ0n) is 12.2. The lowest BCUT2D eigenvalue weighted by Gasteiger charge is -2.20. The summed E-state index contributed by atoms with van der Waals surface area (Å²) < 4.78 is 0.794. The van der Waals surface area contributed by atoms with Crippen LogP contribution in [0.5, 0.6) is 0 Å². The van der Waals surface area contributed by atoms with Crippen LogP contribution in [0.3, 0.4) is 0 Å². The molecule has 1 atom stereocenters. The van der Waals surface area contributed by atoms with E-state index in [9.17, 15) is 9.59 Å². The Kier molecular flexibility index (Phi) is 4.48. The normalized spacial score (nSPS) is 14.3. The van der Waals surface area contributed by atoms with Crippen molar-refractivity contribution >= 4 is 36.4 Å². The van der Waals surface area contributed by atoms with Gasteiger partial charge in [-0.25, -0.2) is 14.8 Å². The molecule has 2 aromatic heterocycles. The topological polar surface area (TPSA) is 80.6 Å². The number of H-pyrrole nitrogens is 1. The molecule has 0 saturated heterocycles. The molecular formula is C13H18N4O2S2. The number of hydrogen-bond donors (Lipinski definition) is 3. The van der Waals surface area contributed by atoms with E-state index in [4.69, 9.17) is 0 Å². The van der Waals surface area contributed by atoms with E-state index in [2.05, 4.69) is 40.2 Å². The average molecular weight is 326 g/mol. The zero-order chi connectivity index (χ0) is 15.8. The number of aryl methyl sites for hydroxylation is 2. The van der Waals surface area contributed by atoms with Gasteiger partial charge in [-0.2, -0.15) is 25.3 Å². The largest absolute Gasteiger partial charge is 0.330 e. The van der Waals surface area contributed by atoms with Crippen LogP contribution in [-0.4, -0.2) is 30.0 Å². The molecule has 0 saturated carbocycles. The molecule has 2 aromatic rings. The van der Waals surface area contributed by atoms with Crippen LogP contribution < -0.4 is 11.2 Å². The van der Waals surface area contributed by atoms with Gasteiger partial charge in [-0.15, -0.1) is 0 Å². The first-order valence-electron chi connectivity index (χ1n) is 6.56. The Labute approximate surface area is 132 Å². The van der Waals surface area contributed by atoms with Gasteiger partial charge in [0.15, 0.2) is 11.2 Å². The SMILES string of the molecule is Cc1nc2[nH]c(=O)n(CCC(C)(S)CS)c(=O)c2nc1C. The lowest BCUT2D eigenvalue weighted by atomic mass is 10.1. The fourth-order valence-corrected chi connectivity index (χ4v) is 2.12. The Balaban J connectivity index is 2.53. The summed E-state index contributed by atoms with van der Waals surface area (Å²) in [5, 5.41) is 0. The molecule has 0 radical (unpaired) electrons. The number of nitrogens with zero attached hydrogens (tertiary/aromatic N) is 3. The van der Waals surface area contributed by atoms with E-state index in [1.807, 2.05) is 6.92 Å². The molecule has 0 bridgehead atoms. The fourth-order valence-electron chi connectivity index (χ4n) is 1.86. The molecule has 0 amide bonds. The number of hydrogen-bond acceptors (Lipinski definition) is 6. The molecule has 0 aliphatic carbocycles. The van der Waals surface area contributed by atoms with Gasteiger partial charge in [0.2, 0.25) is 0 Å². The van der Waals surface area contributed by atoms with Crippen molar-refractivity contribution in [2.75, 3.05) is 5.75 Å². The van der Waals surface area contributed by atoms with E-state index in [0.717, 1.165) is 4.57 Å². The highest BCUT2D eigenvalue weighted by Crippen LogP contribution is 2.20. The number of aromatic amines is 1. The molecule has 6 nitrogen and oxygen atoms in total. The average Bonchev–Trinajstić information content (AvgIpc) is 2.41. The quantitative estimate of drug-likeness (QED) is 0.735. The summed E-state index contributed by atoms with van der Waals surface area (Å²) in [6.07, 6.45) is 0.548. The molecule has 0 aromatic carbocycles. The summed E-state index contributed by atoms with van der Waals surface area (Å²) in [4.78, 5) is 35.5. The van der Waals surface area contributed by atoms with E-state index >= 15 is 0 Å². The van der Waals surface area contributed by atoms with Crippen LogP contribution in [0.15, 0.2) is 9.59 Å². The van der Waals surface area contributed by atoms with Gasteiger partial charge in [0.05, 0.1) is 11.4 Å². The highest BCUT2D eigenvalue weighted by molar-refractivity contribution is 7.85. The molecule has 0 fully saturated rings. The highest BCUT2D eigenvalue weighted by atomic mass is 32.1. The van der Waals surface area contributed by atoms with Crippen molar-refractivity contribution in [2.45, 2.75) is 38.5 Å². The smallest absolute Gasteiger partial charge is 0.290 e. The van der Waals surface area contributed by atoms with Crippen molar-refractivity contribution in [3.8, 4) is 0 Å². The minimum atomic E-state index is -0.478. The summed E-state index contributed by atoms with van der Waals surface area (Å²) in [5.74, 6) is 0.550. The molecule has 8 heteroatoms. The molecule has 1 unspecified atom stereocenters. The van der Waals surface area contributed by atoms with Gasteiger partial charge < -0.3 is 0 Å². The van der Waals surface area contributed by atoms with E-state index in [-0.39, 0.29) is 22.5 Å². The van der Waals surface area contributed by atoms with Gasteiger partial charge in [-0.1, -0.05) is 0 Å². The second-order valence-corrected chi connectivity index (χ2v) is 6.78. The van der Waals surface area contributed by atoms with Crippen molar-refractivity contribution in [3.63, 3.8) is 0 Å². The van der Waals surface area contributed by atoms with Gasteiger partial charge in [0.25, 0.3) is 5.56 Å². The molecule has 2 heterocycles. The van der Waals surface area contributed by atoms with Crippen LogP contribution >= 0.6 is 25.3 Å². The van der Waals surface area contributed by atoms with E-state index in [0.29, 0.717) is 23.6 Å². The summed E-state index contributed by atoms with van der Waals surface area (Å²) in [5.41, 5.74) is 0.874. The predicted molar refractivity (Wildman–Crippen MR) is 89.8 cm³/mol. The van der Waals surface area contributed by atoms with Crippen LogP contribution in [0.25, 0.3) is 11.2 Å². The number of aromatic nitrogens is 4. The first-order chi connectivity index (χ1) is 9.75. The van der Waals surface area contributed by atoms with Crippen molar-refractivity contribution in [2.24, 2.45) is 0 Å². The molecule has 0 spiro atoms. The van der Waals surface area contributed by atoms with Crippen LogP contribution in [0.1, 0.15) is 24.7 Å². The fraction of sp³-hybridized carbons (Fsp3) is 0.538. The van der Waals surface area contributed by atoms with Crippen molar-refractivity contribution in [1.82, 2.24) is 19.5 Å². The van der Waals surface area contributed by atoms with Gasteiger partial charge in [-0.05, 0) is 27.2 Å². The molecule has 2 rings (SSSR count). The second-order valence-electron chi connectivity index (χ2n) is 5.38. The lowest BCUT2D eigenvalue weighted by molar-refractivity contribution is 0.534. The third-order valence-electron chi connectivity index (χ3n) is 3.44. The summed E-state index contributed by atoms with van der Waals surface area (Å²) in [6, 6.07) is 0. The summed E-state index contributed by atoms with van der Waals surface area (Å²) in [6.45, 7) is 5.74. The predicted octanol–water partition coefficient (Wildman–Crippen LogP) is 1.11. The first kappa shape index (κ1) is 16.1. The Morgan fingerprint density at radius 2 is 1.86 bits per heavy atom.